The number of hydrogen-bond acceptors (Lipinski definition) is 0. The second kappa shape index (κ2) is 3.02. The normalized spacial score (nSPS) is 12.6. The molecule has 1 heterocycles. The molecule has 3 rings (SSSR count). The highest BCUT2D eigenvalue weighted by atomic mass is 14.1. The van der Waals surface area contributed by atoms with Crippen molar-refractivity contribution in [1.29, 1.82) is 0 Å². The van der Waals surface area contributed by atoms with E-state index in [-0.39, 0.29) is 0 Å². The Bertz CT molecular complexity index is 387. The van der Waals surface area contributed by atoms with Gasteiger partial charge >= 0.3 is 0 Å². The molecule has 1 heteroatoms. The third-order valence-electron chi connectivity index (χ3n) is 3.00. The Kier molecular flexibility index (Phi) is 1.70. The summed E-state index contributed by atoms with van der Waals surface area (Å²) in [6.45, 7) is 0. The molecule has 1 aliphatic rings. The molecule has 0 aliphatic carbocycles. The van der Waals surface area contributed by atoms with Crippen molar-refractivity contribution >= 4 is 18.2 Å². The van der Waals surface area contributed by atoms with Crippen LogP contribution in [0, 0.1) is 0 Å². The Morgan fingerprint density at radius 3 is 1.79 bits per heavy atom. The zero-order valence-electron chi connectivity index (χ0n) is 8.03. The smallest absolute Gasteiger partial charge is 0.0751 e. The average Bonchev–Trinajstić information content (AvgIpc) is 2.26. The van der Waals surface area contributed by atoms with E-state index in [1.807, 2.05) is 0 Å². The van der Waals surface area contributed by atoms with Crippen LogP contribution in [0.25, 0.3) is 0 Å². The minimum absolute atomic E-state index is 1.10. The molecule has 0 N–H and O–H groups in total. The summed E-state index contributed by atoms with van der Waals surface area (Å²) in [6, 6.07) is 17.5. The minimum Gasteiger partial charge on any atom is -0.0751 e. The van der Waals surface area contributed by atoms with Gasteiger partial charge in [0.05, 0.1) is 0 Å². The highest BCUT2D eigenvalue weighted by Gasteiger charge is 2.14. The molecule has 2 aromatic carbocycles. The van der Waals surface area contributed by atoms with E-state index in [0.717, 1.165) is 13.7 Å². The fourth-order valence-electron chi connectivity index (χ4n) is 2.22. The molecule has 66 valence electrons. The zero-order chi connectivity index (χ0) is 9.38. The summed E-state index contributed by atoms with van der Waals surface area (Å²) in [5.74, 6) is 0. The van der Waals surface area contributed by atoms with Crippen molar-refractivity contribution in [3.8, 4) is 0 Å². The molecule has 14 heavy (non-hydrogen) atoms. The molecule has 0 radical (unpaired) electrons. The third kappa shape index (κ3) is 1.17. The van der Waals surface area contributed by atoms with Gasteiger partial charge < -0.3 is 0 Å². The van der Waals surface area contributed by atoms with Crippen LogP contribution in [-0.4, -0.2) is 7.28 Å². The Morgan fingerprint density at radius 1 is 0.714 bits per heavy atom. The summed E-state index contributed by atoms with van der Waals surface area (Å²) in [5, 5.41) is 0. The van der Waals surface area contributed by atoms with Gasteiger partial charge in [0.25, 0.3) is 0 Å². The molecule has 1 aliphatic heterocycles. The molecular formula is C13H11B. The van der Waals surface area contributed by atoms with Gasteiger partial charge in [0.2, 0.25) is 0 Å². The molecule has 0 amide bonds. The van der Waals surface area contributed by atoms with Gasteiger partial charge in [0.15, 0.2) is 7.28 Å². The number of benzene rings is 2. The van der Waals surface area contributed by atoms with E-state index in [1.54, 1.807) is 0 Å². The van der Waals surface area contributed by atoms with Crippen molar-refractivity contribution in [3.05, 3.63) is 59.7 Å². The fourth-order valence-corrected chi connectivity index (χ4v) is 2.22. The second-order valence-corrected chi connectivity index (χ2v) is 3.89. The van der Waals surface area contributed by atoms with Gasteiger partial charge in [-0.25, -0.2) is 0 Å². The van der Waals surface area contributed by atoms with E-state index >= 15 is 0 Å². The second-order valence-electron chi connectivity index (χ2n) is 3.89. The lowest BCUT2D eigenvalue weighted by Gasteiger charge is -2.18. The van der Waals surface area contributed by atoms with Gasteiger partial charge in [-0.1, -0.05) is 59.5 Å². The minimum atomic E-state index is 1.10. The Balaban J connectivity index is 2.12. The van der Waals surface area contributed by atoms with Crippen molar-refractivity contribution in [2.45, 2.75) is 6.42 Å². The molecule has 0 aromatic heterocycles. The van der Waals surface area contributed by atoms with Gasteiger partial charge in [-0.05, 0) is 17.5 Å². The van der Waals surface area contributed by atoms with Gasteiger partial charge in [0, 0.05) is 0 Å². The maximum absolute atomic E-state index is 2.24. The molecule has 0 unspecified atom stereocenters. The maximum atomic E-state index is 2.24. The van der Waals surface area contributed by atoms with Gasteiger partial charge in [0.1, 0.15) is 0 Å². The molecule has 0 saturated carbocycles. The Labute approximate surface area is 84.8 Å². The Morgan fingerprint density at radius 2 is 1.21 bits per heavy atom. The van der Waals surface area contributed by atoms with Crippen LogP contribution in [0.1, 0.15) is 11.1 Å². The van der Waals surface area contributed by atoms with E-state index in [1.165, 1.54) is 22.1 Å². The van der Waals surface area contributed by atoms with Crippen molar-refractivity contribution in [3.63, 3.8) is 0 Å². The first-order chi connectivity index (χ1) is 6.93. The predicted molar refractivity (Wildman–Crippen MR) is 62.1 cm³/mol. The van der Waals surface area contributed by atoms with Gasteiger partial charge in [-0.15, -0.1) is 0 Å². The van der Waals surface area contributed by atoms with E-state index < -0.39 is 0 Å². The van der Waals surface area contributed by atoms with Crippen LogP contribution in [-0.2, 0) is 6.42 Å². The van der Waals surface area contributed by atoms with Crippen LogP contribution in [0.2, 0.25) is 0 Å². The third-order valence-corrected chi connectivity index (χ3v) is 3.00. The van der Waals surface area contributed by atoms with Gasteiger partial charge in [-0.2, -0.15) is 0 Å². The molecular weight excluding hydrogens is 167 g/mol. The standard InChI is InChI=1S/C13H11B/c1-3-7-12-10(5-1)9-11-6-2-4-8-13(11)14-12/h1-8,14H,9H2. The Hall–Kier alpha value is -1.50. The summed E-state index contributed by atoms with van der Waals surface area (Å²) in [7, 11) is 1.10. The summed E-state index contributed by atoms with van der Waals surface area (Å²) in [4.78, 5) is 0. The summed E-state index contributed by atoms with van der Waals surface area (Å²) < 4.78 is 0. The van der Waals surface area contributed by atoms with Crippen LogP contribution in [0.3, 0.4) is 0 Å². The lowest BCUT2D eigenvalue weighted by Crippen LogP contribution is -2.36. The number of rotatable bonds is 0. The number of fused-ring (bicyclic) bond motifs is 2. The summed E-state index contributed by atoms with van der Waals surface area (Å²) in [6.07, 6.45) is 1.10. The lowest BCUT2D eigenvalue weighted by atomic mass is 9.57. The predicted octanol–water partition coefficient (Wildman–Crippen LogP) is 0.978. The van der Waals surface area contributed by atoms with Crippen molar-refractivity contribution in [2.24, 2.45) is 0 Å². The van der Waals surface area contributed by atoms with Crippen molar-refractivity contribution in [2.75, 3.05) is 0 Å². The van der Waals surface area contributed by atoms with E-state index in [2.05, 4.69) is 48.5 Å². The summed E-state index contributed by atoms with van der Waals surface area (Å²) in [5.41, 5.74) is 5.97. The van der Waals surface area contributed by atoms with Gasteiger partial charge in [-0.3, -0.25) is 0 Å². The molecule has 2 aromatic rings. The molecule has 0 fully saturated rings. The average molecular weight is 178 g/mol. The van der Waals surface area contributed by atoms with Crippen LogP contribution in [0.5, 0.6) is 0 Å². The first-order valence-electron chi connectivity index (χ1n) is 5.07. The maximum Gasteiger partial charge on any atom is 0.192 e. The van der Waals surface area contributed by atoms with Crippen LogP contribution in [0.4, 0.5) is 0 Å². The van der Waals surface area contributed by atoms with Crippen molar-refractivity contribution < 1.29 is 0 Å². The fraction of sp³-hybridized carbons (Fsp3) is 0.0769. The topological polar surface area (TPSA) is 0 Å². The van der Waals surface area contributed by atoms with Crippen LogP contribution >= 0.6 is 0 Å². The van der Waals surface area contributed by atoms with E-state index in [0.29, 0.717) is 0 Å². The first-order valence-corrected chi connectivity index (χ1v) is 5.07. The zero-order valence-corrected chi connectivity index (χ0v) is 8.03. The monoisotopic (exact) mass is 178 g/mol. The highest BCUT2D eigenvalue weighted by molar-refractivity contribution is 6.68. The first kappa shape index (κ1) is 7.87. The quantitative estimate of drug-likeness (QED) is 0.450. The molecule has 0 atom stereocenters. The molecule has 0 nitrogen and oxygen atoms in total. The lowest BCUT2D eigenvalue weighted by molar-refractivity contribution is 1.21. The summed E-state index contributed by atoms with van der Waals surface area (Å²) >= 11 is 0. The molecule has 0 spiro atoms. The highest BCUT2D eigenvalue weighted by Crippen LogP contribution is 2.09. The molecule has 0 saturated heterocycles. The van der Waals surface area contributed by atoms with E-state index in [4.69, 9.17) is 0 Å². The van der Waals surface area contributed by atoms with Crippen LogP contribution < -0.4 is 10.9 Å². The number of hydrogen-bond donors (Lipinski definition) is 0. The van der Waals surface area contributed by atoms with Crippen molar-refractivity contribution in [1.82, 2.24) is 0 Å². The van der Waals surface area contributed by atoms with E-state index in [9.17, 15) is 0 Å². The SMILES string of the molecule is B1c2ccccc2Cc2ccccc21. The molecule has 0 bridgehead atoms. The van der Waals surface area contributed by atoms with Crippen LogP contribution in [0.15, 0.2) is 48.5 Å². The largest absolute Gasteiger partial charge is 0.192 e.